The van der Waals surface area contributed by atoms with Crippen molar-refractivity contribution in [3.63, 3.8) is 0 Å². The van der Waals surface area contributed by atoms with Crippen molar-refractivity contribution in [2.24, 2.45) is 0 Å². The number of anilines is 2. The van der Waals surface area contributed by atoms with Crippen molar-refractivity contribution >= 4 is 51.5 Å². The highest BCUT2D eigenvalue weighted by atomic mass is 32.1. The van der Waals surface area contributed by atoms with Gasteiger partial charge in [-0.25, -0.2) is 0 Å². The van der Waals surface area contributed by atoms with Gasteiger partial charge in [0.1, 0.15) is 18.8 Å². The number of thiocarbonyl (C=S) groups is 1. The number of para-hydroxylation sites is 1. The van der Waals surface area contributed by atoms with Gasteiger partial charge in [0, 0.05) is 22.3 Å². The van der Waals surface area contributed by atoms with Gasteiger partial charge in [0.25, 0.3) is 11.8 Å². The summed E-state index contributed by atoms with van der Waals surface area (Å²) >= 11 is 5.25. The first-order chi connectivity index (χ1) is 16.5. The third kappa shape index (κ3) is 4.69. The molecule has 0 spiro atoms. The van der Waals surface area contributed by atoms with E-state index in [-0.39, 0.29) is 22.7 Å². The summed E-state index contributed by atoms with van der Waals surface area (Å²) in [5.74, 6) is 0.642. The molecule has 1 aromatic heterocycles. The Kier molecular flexibility index (Phi) is 5.84. The Morgan fingerprint density at radius 1 is 0.765 bits per heavy atom. The number of amides is 2. The molecule has 8 nitrogen and oxygen atoms in total. The standard InChI is InChI=1S/C25H19N3O5S/c29-23(16-5-10-20-21(14-16)32-12-11-31-20)28-25(34)27-18-8-6-17(7-9-18)26-24(30)22-13-15-3-1-2-4-19(15)33-22/h1-10,13-14H,11-12H2,(H,26,30)(H2,27,28,29,34). The zero-order valence-electron chi connectivity index (χ0n) is 17.8. The molecule has 9 heteroatoms. The normalized spacial score (nSPS) is 12.1. The van der Waals surface area contributed by atoms with Gasteiger partial charge in [0.15, 0.2) is 22.4 Å². The largest absolute Gasteiger partial charge is 0.486 e. The van der Waals surface area contributed by atoms with Gasteiger partial charge in [0.05, 0.1) is 0 Å². The fourth-order valence-electron chi connectivity index (χ4n) is 3.45. The van der Waals surface area contributed by atoms with E-state index in [1.807, 2.05) is 24.3 Å². The molecule has 2 amide bonds. The molecule has 34 heavy (non-hydrogen) atoms. The monoisotopic (exact) mass is 473 g/mol. The van der Waals surface area contributed by atoms with Crippen LogP contribution in [0.15, 0.2) is 77.2 Å². The highest BCUT2D eigenvalue weighted by Crippen LogP contribution is 2.30. The topological polar surface area (TPSA) is 102 Å². The van der Waals surface area contributed by atoms with Gasteiger partial charge in [0.2, 0.25) is 0 Å². The predicted octanol–water partition coefficient (Wildman–Crippen LogP) is 4.58. The summed E-state index contributed by atoms with van der Waals surface area (Å²) in [6.07, 6.45) is 0. The lowest BCUT2D eigenvalue weighted by molar-refractivity contribution is 0.0974. The van der Waals surface area contributed by atoms with Gasteiger partial charge < -0.3 is 24.5 Å². The summed E-state index contributed by atoms with van der Waals surface area (Å²) in [7, 11) is 0. The van der Waals surface area contributed by atoms with Crippen molar-refractivity contribution < 1.29 is 23.5 Å². The third-order valence-electron chi connectivity index (χ3n) is 5.08. The van der Waals surface area contributed by atoms with Crippen molar-refractivity contribution in [2.75, 3.05) is 23.8 Å². The maximum Gasteiger partial charge on any atom is 0.291 e. The molecule has 3 N–H and O–H groups in total. The lowest BCUT2D eigenvalue weighted by atomic mass is 10.2. The minimum Gasteiger partial charge on any atom is -0.486 e. The zero-order chi connectivity index (χ0) is 23.5. The second-order valence-electron chi connectivity index (χ2n) is 7.45. The number of ether oxygens (including phenoxy) is 2. The lowest BCUT2D eigenvalue weighted by Crippen LogP contribution is -2.34. The first-order valence-corrected chi connectivity index (χ1v) is 10.9. The molecule has 1 aliphatic rings. The van der Waals surface area contributed by atoms with E-state index >= 15 is 0 Å². The number of hydrogen-bond acceptors (Lipinski definition) is 6. The molecule has 0 saturated heterocycles. The number of benzene rings is 3. The maximum atomic E-state index is 12.5. The van der Waals surface area contributed by atoms with Crippen molar-refractivity contribution in [2.45, 2.75) is 0 Å². The van der Waals surface area contributed by atoms with E-state index in [0.717, 1.165) is 5.39 Å². The maximum absolute atomic E-state index is 12.5. The number of carbonyl (C=O) groups is 2. The first-order valence-electron chi connectivity index (χ1n) is 10.5. The fourth-order valence-corrected chi connectivity index (χ4v) is 3.66. The predicted molar refractivity (Wildman–Crippen MR) is 132 cm³/mol. The van der Waals surface area contributed by atoms with Crippen molar-refractivity contribution in [1.29, 1.82) is 0 Å². The lowest BCUT2D eigenvalue weighted by Gasteiger charge is -2.18. The summed E-state index contributed by atoms with van der Waals surface area (Å²) in [4.78, 5) is 25.0. The van der Waals surface area contributed by atoms with Crippen LogP contribution in [-0.2, 0) is 0 Å². The number of hydrogen-bond donors (Lipinski definition) is 3. The Morgan fingerprint density at radius 3 is 2.24 bits per heavy atom. The van der Waals surface area contributed by atoms with Crippen LogP contribution < -0.4 is 25.4 Å². The van der Waals surface area contributed by atoms with Crippen LogP contribution in [0.4, 0.5) is 11.4 Å². The molecule has 0 unspecified atom stereocenters. The zero-order valence-corrected chi connectivity index (χ0v) is 18.6. The van der Waals surface area contributed by atoms with Crippen molar-refractivity contribution in [1.82, 2.24) is 5.32 Å². The second-order valence-corrected chi connectivity index (χ2v) is 7.85. The van der Waals surface area contributed by atoms with E-state index in [1.165, 1.54) is 0 Å². The van der Waals surface area contributed by atoms with Crippen LogP contribution in [0.2, 0.25) is 0 Å². The number of fused-ring (bicyclic) bond motifs is 2. The summed E-state index contributed by atoms with van der Waals surface area (Å²) in [5.41, 5.74) is 2.28. The minimum atomic E-state index is -0.371. The molecular weight excluding hydrogens is 454 g/mol. The van der Waals surface area contributed by atoms with E-state index in [2.05, 4.69) is 16.0 Å². The minimum absolute atomic E-state index is 0.138. The summed E-state index contributed by atoms with van der Waals surface area (Å²) < 4.78 is 16.6. The number of nitrogens with one attached hydrogen (secondary N) is 3. The molecule has 170 valence electrons. The van der Waals surface area contributed by atoms with Gasteiger partial charge in [-0.15, -0.1) is 0 Å². The number of rotatable bonds is 4. The van der Waals surface area contributed by atoms with Crippen LogP contribution in [0.25, 0.3) is 11.0 Å². The third-order valence-corrected chi connectivity index (χ3v) is 5.29. The van der Waals surface area contributed by atoms with E-state index in [0.29, 0.717) is 47.2 Å². The Hall–Kier alpha value is -4.37. The first kappa shape index (κ1) is 21.5. The molecule has 1 aliphatic heterocycles. The van der Waals surface area contributed by atoms with E-state index < -0.39 is 0 Å². The molecule has 2 heterocycles. The van der Waals surface area contributed by atoms with Crippen molar-refractivity contribution in [3.05, 3.63) is 84.1 Å². The smallest absolute Gasteiger partial charge is 0.291 e. The molecule has 0 atom stereocenters. The van der Waals surface area contributed by atoms with Gasteiger partial charge in [-0.1, -0.05) is 18.2 Å². The van der Waals surface area contributed by atoms with E-state index in [1.54, 1.807) is 48.5 Å². The van der Waals surface area contributed by atoms with E-state index in [4.69, 9.17) is 26.1 Å². The van der Waals surface area contributed by atoms with Gasteiger partial charge in [-0.05, 0) is 66.8 Å². The molecule has 0 aliphatic carbocycles. The van der Waals surface area contributed by atoms with Crippen LogP contribution in [-0.4, -0.2) is 30.1 Å². The molecule has 0 bridgehead atoms. The van der Waals surface area contributed by atoms with E-state index in [9.17, 15) is 9.59 Å². The molecule has 4 aromatic rings. The molecular formula is C25H19N3O5S. The SMILES string of the molecule is O=C(NC(=S)Nc1ccc(NC(=O)c2cc3ccccc3o2)cc1)c1ccc2c(c1)OCCO2. The van der Waals surface area contributed by atoms with Crippen LogP contribution in [0.1, 0.15) is 20.9 Å². The molecule has 0 radical (unpaired) electrons. The van der Waals surface area contributed by atoms with Crippen molar-refractivity contribution in [3.8, 4) is 11.5 Å². The van der Waals surface area contributed by atoms with Crippen LogP contribution >= 0.6 is 12.2 Å². The van der Waals surface area contributed by atoms with Crippen LogP contribution in [0.3, 0.4) is 0 Å². The van der Waals surface area contributed by atoms with Gasteiger partial charge in [-0.2, -0.15) is 0 Å². The van der Waals surface area contributed by atoms with Crippen LogP contribution in [0, 0.1) is 0 Å². The second kappa shape index (κ2) is 9.24. The quantitative estimate of drug-likeness (QED) is 0.373. The average Bonchev–Trinajstić information content (AvgIpc) is 3.29. The molecule has 5 rings (SSSR count). The Labute approximate surface area is 199 Å². The number of carbonyl (C=O) groups excluding carboxylic acids is 2. The Bertz CT molecular complexity index is 1360. The average molecular weight is 474 g/mol. The fraction of sp³-hybridized carbons (Fsp3) is 0.0800. The summed E-state index contributed by atoms with van der Waals surface area (Å²) in [6, 6.07) is 21.0. The Balaban J connectivity index is 1.17. The Morgan fingerprint density at radius 2 is 1.47 bits per heavy atom. The molecule has 0 saturated carbocycles. The van der Waals surface area contributed by atoms with Gasteiger partial charge in [-0.3, -0.25) is 14.9 Å². The number of furan rings is 1. The molecule has 0 fully saturated rings. The highest BCUT2D eigenvalue weighted by Gasteiger charge is 2.16. The summed E-state index contributed by atoms with van der Waals surface area (Å²) in [5, 5.41) is 9.37. The summed E-state index contributed by atoms with van der Waals surface area (Å²) in [6.45, 7) is 0.918. The van der Waals surface area contributed by atoms with Gasteiger partial charge >= 0.3 is 0 Å². The van der Waals surface area contributed by atoms with Crippen LogP contribution in [0.5, 0.6) is 11.5 Å². The molecule has 3 aromatic carbocycles. The highest BCUT2D eigenvalue weighted by molar-refractivity contribution is 7.80.